The smallest absolute Gasteiger partial charge is 0.0587 e. The maximum absolute atomic E-state index is 2.50. The molecular weight excluding hydrogens is 196 g/mol. The zero-order chi connectivity index (χ0) is 11.3. The van der Waals surface area contributed by atoms with Gasteiger partial charge in [0.25, 0.3) is 0 Å². The first kappa shape index (κ1) is 13.3. The van der Waals surface area contributed by atoms with E-state index in [1.54, 1.807) is 12.8 Å². The Balaban J connectivity index is 2.76. The molecule has 0 unspecified atom stereocenters. The fraction of sp³-hybridized carbons (Fsp3) is 1.00. The van der Waals surface area contributed by atoms with Crippen molar-refractivity contribution in [2.75, 3.05) is 0 Å². The van der Waals surface area contributed by atoms with Gasteiger partial charge in [0, 0.05) is 0 Å². The molecule has 15 heavy (non-hydrogen) atoms. The van der Waals surface area contributed by atoms with Crippen LogP contribution >= 0.6 is 0 Å². The molecular formula is C14H30Si. The van der Waals surface area contributed by atoms with Crippen molar-refractivity contribution in [1.29, 1.82) is 0 Å². The summed E-state index contributed by atoms with van der Waals surface area (Å²) < 4.78 is 0. The quantitative estimate of drug-likeness (QED) is 0.432. The molecule has 1 aliphatic carbocycles. The van der Waals surface area contributed by atoms with Crippen molar-refractivity contribution < 1.29 is 0 Å². The standard InChI is InChI=1S/C14H30Si/c1-5-15(6-2,13(3)4)14-11-9-7-8-10-12-14/h13-14H,5-12H2,1-4H3. The Kier molecular flexibility index (Phi) is 5.38. The summed E-state index contributed by atoms with van der Waals surface area (Å²) in [6.45, 7) is 9.95. The van der Waals surface area contributed by atoms with Crippen LogP contribution in [0.1, 0.15) is 66.2 Å². The van der Waals surface area contributed by atoms with E-state index in [9.17, 15) is 0 Å². The topological polar surface area (TPSA) is 0 Å². The van der Waals surface area contributed by atoms with Gasteiger partial charge in [-0.05, 0) is 5.54 Å². The fourth-order valence-electron chi connectivity index (χ4n) is 3.97. The van der Waals surface area contributed by atoms with Gasteiger partial charge in [-0.1, -0.05) is 83.8 Å². The molecule has 1 saturated carbocycles. The third-order valence-electron chi connectivity index (χ3n) is 5.13. The average Bonchev–Trinajstić information content (AvgIpc) is 2.49. The highest BCUT2D eigenvalue weighted by Crippen LogP contribution is 2.46. The molecule has 1 aliphatic rings. The SMILES string of the molecule is CC[Si](CC)(C(C)C)C1CCCCCC1. The van der Waals surface area contributed by atoms with Gasteiger partial charge in [-0.3, -0.25) is 0 Å². The molecule has 0 saturated heterocycles. The summed E-state index contributed by atoms with van der Waals surface area (Å²) in [6.07, 6.45) is 9.18. The summed E-state index contributed by atoms with van der Waals surface area (Å²) in [4.78, 5) is 0. The lowest BCUT2D eigenvalue weighted by Gasteiger charge is -2.41. The van der Waals surface area contributed by atoms with Crippen LogP contribution in [0.4, 0.5) is 0 Å². The van der Waals surface area contributed by atoms with Gasteiger partial charge in [0.15, 0.2) is 0 Å². The summed E-state index contributed by atoms with van der Waals surface area (Å²) in [5, 5.41) is 0. The lowest BCUT2D eigenvalue weighted by atomic mass is 10.2. The minimum absolute atomic E-state index is 0.952. The van der Waals surface area contributed by atoms with Crippen molar-refractivity contribution in [2.24, 2.45) is 0 Å². The predicted octanol–water partition coefficient (Wildman–Crippen LogP) is 5.61. The van der Waals surface area contributed by atoms with Crippen LogP contribution in [0.15, 0.2) is 0 Å². The van der Waals surface area contributed by atoms with E-state index in [-0.39, 0.29) is 0 Å². The summed E-state index contributed by atoms with van der Waals surface area (Å²) >= 11 is 0. The molecule has 0 radical (unpaired) electrons. The largest absolute Gasteiger partial charge is 0.0678 e. The highest BCUT2D eigenvalue weighted by atomic mass is 28.3. The molecule has 0 aromatic carbocycles. The number of hydrogen-bond donors (Lipinski definition) is 0. The highest BCUT2D eigenvalue weighted by Gasteiger charge is 2.40. The highest BCUT2D eigenvalue weighted by molar-refractivity contribution is 6.82. The van der Waals surface area contributed by atoms with Crippen molar-refractivity contribution >= 4 is 8.07 Å². The predicted molar refractivity (Wildman–Crippen MR) is 73.3 cm³/mol. The Bertz CT molecular complexity index is 162. The van der Waals surface area contributed by atoms with E-state index in [0.717, 1.165) is 11.1 Å². The maximum atomic E-state index is 2.50. The van der Waals surface area contributed by atoms with E-state index in [0.29, 0.717) is 0 Å². The van der Waals surface area contributed by atoms with Gasteiger partial charge >= 0.3 is 0 Å². The molecule has 0 nitrogen and oxygen atoms in total. The summed E-state index contributed by atoms with van der Waals surface area (Å²) in [5.74, 6) is 0. The van der Waals surface area contributed by atoms with Crippen molar-refractivity contribution in [2.45, 2.75) is 89.4 Å². The molecule has 1 rings (SSSR count). The first-order chi connectivity index (χ1) is 7.17. The van der Waals surface area contributed by atoms with Crippen LogP contribution in [-0.4, -0.2) is 8.07 Å². The van der Waals surface area contributed by atoms with E-state index >= 15 is 0 Å². The monoisotopic (exact) mass is 226 g/mol. The van der Waals surface area contributed by atoms with Crippen LogP contribution in [0.5, 0.6) is 0 Å². The van der Waals surface area contributed by atoms with Crippen molar-refractivity contribution in [1.82, 2.24) is 0 Å². The van der Waals surface area contributed by atoms with Gasteiger partial charge in [0.2, 0.25) is 0 Å². The molecule has 90 valence electrons. The molecule has 0 aliphatic heterocycles. The van der Waals surface area contributed by atoms with E-state index in [4.69, 9.17) is 0 Å². The second-order valence-corrected chi connectivity index (χ2v) is 11.6. The molecule has 0 spiro atoms. The molecule has 0 bridgehead atoms. The van der Waals surface area contributed by atoms with Crippen molar-refractivity contribution in [3.63, 3.8) is 0 Å². The zero-order valence-corrected chi connectivity index (χ0v) is 12.3. The second-order valence-electron chi connectivity index (χ2n) is 5.78. The van der Waals surface area contributed by atoms with Crippen LogP contribution in [0.3, 0.4) is 0 Å². The first-order valence-electron chi connectivity index (χ1n) is 7.17. The summed E-state index contributed by atoms with van der Waals surface area (Å²) in [7, 11) is -0.952. The van der Waals surface area contributed by atoms with Gasteiger partial charge in [-0.15, -0.1) is 0 Å². The lowest BCUT2D eigenvalue weighted by molar-refractivity contribution is 0.649. The Morgan fingerprint density at radius 2 is 1.40 bits per heavy atom. The minimum atomic E-state index is -0.952. The van der Waals surface area contributed by atoms with Crippen LogP contribution in [0.2, 0.25) is 23.2 Å². The normalized spacial score (nSPS) is 20.6. The fourth-order valence-corrected chi connectivity index (χ4v) is 9.76. The third kappa shape index (κ3) is 2.86. The molecule has 0 amide bonds. The molecule has 0 N–H and O–H groups in total. The van der Waals surface area contributed by atoms with Crippen LogP contribution in [0, 0.1) is 0 Å². The van der Waals surface area contributed by atoms with Gasteiger partial charge in [0.1, 0.15) is 0 Å². The molecule has 0 heterocycles. The van der Waals surface area contributed by atoms with Crippen LogP contribution in [-0.2, 0) is 0 Å². The summed E-state index contributed by atoms with van der Waals surface area (Å²) in [6, 6.07) is 3.04. The Hall–Kier alpha value is 0.217. The Morgan fingerprint density at radius 3 is 1.73 bits per heavy atom. The van der Waals surface area contributed by atoms with Gasteiger partial charge in [-0.25, -0.2) is 0 Å². The van der Waals surface area contributed by atoms with Crippen LogP contribution < -0.4 is 0 Å². The van der Waals surface area contributed by atoms with Gasteiger partial charge in [-0.2, -0.15) is 0 Å². The zero-order valence-electron chi connectivity index (χ0n) is 11.3. The number of hydrogen-bond acceptors (Lipinski definition) is 0. The molecule has 1 fully saturated rings. The second kappa shape index (κ2) is 6.08. The number of rotatable bonds is 4. The van der Waals surface area contributed by atoms with Crippen molar-refractivity contribution in [3.8, 4) is 0 Å². The summed E-state index contributed by atoms with van der Waals surface area (Å²) in [5.41, 5.74) is 2.14. The van der Waals surface area contributed by atoms with E-state index in [2.05, 4.69) is 27.7 Å². The molecule has 0 aromatic heterocycles. The van der Waals surface area contributed by atoms with Gasteiger partial charge < -0.3 is 0 Å². The maximum Gasteiger partial charge on any atom is 0.0587 e. The van der Waals surface area contributed by atoms with Crippen LogP contribution in [0.25, 0.3) is 0 Å². The van der Waals surface area contributed by atoms with E-state index in [1.807, 2.05) is 0 Å². The minimum Gasteiger partial charge on any atom is -0.0678 e. The van der Waals surface area contributed by atoms with E-state index < -0.39 is 8.07 Å². The molecule has 0 aromatic rings. The lowest BCUT2D eigenvalue weighted by Crippen LogP contribution is -2.41. The molecule has 1 heteroatoms. The van der Waals surface area contributed by atoms with E-state index in [1.165, 1.54) is 37.8 Å². The Morgan fingerprint density at radius 1 is 0.933 bits per heavy atom. The Labute approximate surface area is 97.9 Å². The molecule has 0 atom stereocenters. The average molecular weight is 226 g/mol. The van der Waals surface area contributed by atoms with Crippen molar-refractivity contribution in [3.05, 3.63) is 0 Å². The first-order valence-corrected chi connectivity index (χ1v) is 9.74. The third-order valence-corrected chi connectivity index (χ3v) is 12.3. The van der Waals surface area contributed by atoms with Gasteiger partial charge in [0.05, 0.1) is 8.07 Å².